The van der Waals surface area contributed by atoms with E-state index in [2.05, 4.69) is 5.32 Å². The van der Waals surface area contributed by atoms with Gasteiger partial charge in [0.15, 0.2) is 0 Å². The van der Waals surface area contributed by atoms with Crippen LogP contribution in [0, 0.1) is 0 Å². The van der Waals surface area contributed by atoms with E-state index in [0.717, 1.165) is 0 Å². The van der Waals surface area contributed by atoms with Gasteiger partial charge in [-0.05, 0) is 26.7 Å². The molecule has 1 fully saturated rings. The first-order chi connectivity index (χ1) is 7.04. The third-order valence-corrected chi connectivity index (χ3v) is 2.61. The van der Waals surface area contributed by atoms with Gasteiger partial charge < -0.3 is 15.8 Å². The van der Waals surface area contributed by atoms with Crippen LogP contribution in [0.2, 0.25) is 0 Å². The lowest BCUT2D eigenvalue weighted by atomic mass is 9.90. The van der Waals surface area contributed by atoms with Gasteiger partial charge in [-0.25, -0.2) is 0 Å². The second kappa shape index (κ2) is 5.28. The summed E-state index contributed by atoms with van der Waals surface area (Å²) in [5.41, 5.74) is 6.47. The van der Waals surface area contributed by atoms with Crippen molar-refractivity contribution >= 4 is 5.91 Å². The fourth-order valence-corrected chi connectivity index (χ4v) is 1.49. The smallest absolute Gasteiger partial charge is 0.240 e. The SMILES string of the molecule is CC(C)=CCNC(=O)C1(N)CCOCC1. The Labute approximate surface area is 90.9 Å². The molecule has 4 heteroatoms. The topological polar surface area (TPSA) is 64.4 Å². The zero-order valence-electron chi connectivity index (χ0n) is 9.51. The lowest BCUT2D eigenvalue weighted by Gasteiger charge is -2.31. The zero-order valence-corrected chi connectivity index (χ0v) is 9.51. The van der Waals surface area contributed by atoms with Crippen LogP contribution in [0.3, 0.4) is 0 Å². The summed E-state index contributed by atoms with van der Waals surface area (Å²) in [6.07, 6.45) is 3.18. The molecule has 0 atom stereocenters. The number of amides is 1. The van der Waals surface area contributed by atoms with Crippen LogP contribution in [0.25, 0.3) is 0 Å². The van der Waals surface area contributed by atoms with Crippen LogP contribution in [0.4, 0.5) is 0 Å². The maximum absolute atomic E-state index is 11.8. The molecule has 86 valence electrons. The highest BCUT2D eigenvalue weighted by Gasteiger charge is 2.35. The van der Waals surface area contributed by atoms with E-state index in [1.807, 2.05) is 19.9 Å². The van der Waals surface area contributed by atoms with Crippen LogP contribution in [-0.4, -0.2) is 31.2 Å². The third-order valence-electron chi connectivity index (χ3n) is 2.61. The molecule has 0 aromatic rings. The van der Waals surface area contributed by atoms with Crippen LogP contribution >= 0.6 is 0 Å². The van der Waals surface area contributed by atoms with Gasteiger partial charge in [-0.2, -0.15) is 0 Å². The molecular weight excluding hydrogens is 192 g/mol. The largest absolute Gasteiger partial charge is 0.381 e. The van der Waals surface area contributed by atoms with E-state index in [9.17, 15) is 4.79 Å². The van der Waals surface area contributed by atoms with E-state index >= 15 is 0 Å². The second-order valence-corrected chi connectivity index (χ2v) is 4.26. The van der Waals surface area contributed by atoms with E-state index in [-0.39, 0.29) is 5.91 Å². The Morgan fingerprint density at radius 1 is 1.47 bits per heavy atom. The summed E-state index contributed by atoms with van der Waals surface area (Å²) in [5.74, 6) is -0.0664. The normalized spacial score (nSPS) is 19.4. The van der Waals surface area contributed by atoms with Crippen molar-refractivity contribution in [3.05, 3.63) is 11.6 Å². The van der Waals surface area contributed by atoms with E-state index < -0.39 is 5.54 Å². The first-order valence-electron chi connectivity index (χ1n) is 5.33. The van der Waals surface area contributed by atoms with Crippen LogP contribution in [0.5, 0.6) is 0 Å². The number of nitrogens with two attached hydrogens (primary N) is 1. The molecule has 1 aliphatic heterocycles. The van der Waals surface area contributed by atoms with Gasteiger partial charge in [-0.3, -0.25) is 4.79 Å². The Bertz CT molecular complexity index is 251. The average molecular weight is 212 g/mol. The molecule has 0 bridgehead atoms. The van der Waals surface area contributed by atoms with Crippen LogP contribution in [0.15, 0.2) is 11.6 Å². The average Bonchev–Trinajstić information content (AvgIpc) is 2.18. The molecular formula is C11H20N2O2. The van der Waals surface area contributed by atoms with E-state index in [4.69, 9.17) is 10.5 Å². The fraction of sp³-hybridized carbons (Fsp3) is 0.727. The molecule has 1 saturated heterocycles. The van der Waals surface area contributed by atoms with Gasteiger partial charge in [0.2, 0.25) is 5.91 Å². The minimum Gasteiger partial charge on any atom is -0.381 e. The first-order valence-corrected chi connectivity index (χ1v) is 5.33. The first kappa shape index (κ1) is 12.2. The number of nitrogens with one attached hydrogen (secondary N) is 1. The number of ether oxygens (including phenoxy) is 1. The van der Waals surface area contributed by atoms with Crippen molar-refractivity contribution in [3.63, 3.8) is 0 Å². The van der Waals surface area contributed by atoms with Crippen molar-refractivity contribution in [2.45, 2.75) is 32.2 Å². The van der Waals surface area contributed by atoms with Gasteiger partial charge in [-0.1, -0.05) is 11.6 Å². The van der Waals surface area contributed by atoms with Crippen LogP contribution in [-0.2, 0) is 9.53 Å². The Morgan fingerprint density at radius 3 is 2.60 bits per heavy atom. The molecule has 0 unspecified atom stereocenters. The molecule has 1 rings (SSSR count). The minimum atomic E-state index is -0.728. The number of rotatable bonds is 3. The Hall–Kier alpha value is -0.870. The number of allylic oxidation sites excluding steroid dienone is 1. The zero-order chi connectivity index (χ0) is 11.3. The molecule has 0 aliphatic carbocycles. The Balaban J connectivity index is 2.41. The summed E-state index contributed by atoms with van der Waals surface area (Å²) < 4.78 is 5.19. The van der Waals surface area contributed by atoms with Crippen molar-refractivity contribution in [1.82, 2.24) is 5.32 Å². The second-order valence-electron chi connectivity index (χ2n) is 4.26. The van der Waals surface area contributed by atoms with E-state index in [1.54, 1.807) is 0 Å². The number of carbonyl (C=O) groups is 1. The van der Waals surface area contributed by atoms with Crippen LogP contribution in [0.1, 0.15) is 26.7 Å². The molecule has 4 nitrogen and oxygen atoms in total. The predicted octanol–water partition coefficient (Wildman–Crippen LogP) is 0.577. The third kappa shape index (κ3) is 3.64. The molecule has 1 aliphatic rings. The highest BCUT2D eigenvalue weighted by molar-refractivity contribution is 5.86. The molecule has 1 heterocycles. The number of hydrogen-bond donors (Lipinski definition) is 2. The van der Waals surface area contributed by atoms with Gasteiger partial charge in [-0.15, -0.1) is 0 Å². The summed E-state index contributed by atoms with van der Waals surface area (Å²) >= 11 is 0. The number of carbonyl (C=O) groups excluding carboxylic acids is 1. The Morgan fingerprint density at radius 2 is 2.07 bits per heavy atom. The number of hydrogen-bond acceptors (Lipinski definition) is 3. The standard InChI is InChI=1S/C11H20N2O2/c1-9(2)3-6-13-10(14)11(12)4-7-15-8-5-11/h3H,4-8,12H2,1-2H3,(H,13,14). The fourth-order valence-electron chi connectivity index (χ4n) is 1.49. The van der Waals surface area contributed by atoms with Crippen molar-refractivity contribution in [2.24, 2.45) is 5.73 Å². The molecule has 3 N–H and O–H groups in total. The highest BCUT2D eigenvalue weighted by atomic mass is 16.5. The lowest BCUT2D eigenvalue weighted by Crippen LogP contribution is -2.56. The van der Waals surface area contributed by atoms with Crippen molar-refractivity contribution in [3.8, 4) is 0 Å². The van der Waals surface area contributed by atoms with Crippen molar-refractivity contribution in [2.75, 3.05) is 19.8 Å². The van der Waals surface area contributed by atoms with E-state index in [1.165, 1.54) is 5.57 Å². The predicted molar refractivity (Wildman–Crippen MR) is 59.4 cm³/mol. The molecule has 0 aromatic carbocycles. The highest BCUT2D eigenvalue weighted by Crippen LogP contribution is 2.17. The summed E-state index contributed by atoms with van der Waals surface area (Å²) in [7, 11) is 0. The summed E-state index contributed by atoms with van der Waals surface area (Å²) in [6.45, 7) is 5.71. The summed E-state index contributed by atoms with van der Waals surface area (Å²) in [6, 6.07) is 0. The maximum Gasteiger partial charge on any atom is 0.240 e. The minimum absolute atomic E-state index is 0.0664. The maximum atomic E-state index is 11.8. The molecule has 0 radical (unpaired) electrons. The van der Waals surface area contributed by atoms with Gasteiger partial charge in [0.25, 0.3) is 0 Å². The molecule has 15 heavy (non-hydrogen) atoms. The molecule has 0 aromatic heterocycles. The van der Waals surface area contributed by atoms with Crippen molar-refractivity contribution in [1.29, 1.82) is 0 Å². The molecule has 1 amide bonds. The summed E-state index contributed by atoms with van der Waals surface area (Å²) in [4.78, 5) is 11.8. The lowest BCUT2D eigenvalue weighted by molar-refractivity contribution is -0.129. The van der Waals surface area contributed by atoms with Gasteiger partial charge in [0.05, 0.1) is 5.54 Å². The summed E-state index contributed by atoms with van der Waals surface area (Å²) in [5, 5.41) is 2.83. The van der Waals surface area contributed by atoms with Gasteiger partial charge in [0, 0.05) is 19.8 Å². The van der Waals surface area contributed by atoms with Crippen molar-refractivity contribution < 1.29 is 9.53 Å². The molecule has 0 spiro atoms. The van der Waals surface area contributed by atoms with Crippen LogP contribution < -0.4 is 11.1 Å². The van der Waals surface area contributed by atoms with Gasteiger partial charge >= 0.3 is 0 Å². The quantitative estimate of drug-likeness (QED) is 0.672. The van der Waals surface area contributed by atoms with E-state index in [0.29, 0.717) is 32.6 Å². The van der Waals surface area contributed by atoms with Gasteiger partial charge in [0.1, 0.15) is 0 Å². The molecule has 0 saturated carbocycles. The Kier molecular flexibility index (Phi) is 4.29. The monoisotopic (exact) mass is 212 g/mol.